The number of benzene rings is 1. The third-order valence-electron chi connectivity index (χ3n) is 3.48. The van der Waals surface area contributed by atoms with Gasteiger partial charge in [0.15, 0.2) is 0 Å². The third kappa shape index (κ3) is 6.18. The van der Waals surface area contributed by atoms with Crippen molar-refractivity contribution in [3.05, 3.63) is 28.8 Å². The van der Waals surface area contributed by atoms with Crippen LogP contribution in [-0.4, -0.2) is 35.0 Å². The molecule has 0 amide bonds. The summed E-state index contributed by atoms with van der Waals surface area (Å²) in [5, 5.41) is 9.48. The van der Waals surface area contributed by atoms with Gasteiger partial charge in [-0.05, 0) is 51.3 Å². The maximum absolute atomic E-state index is 12.3. The first-order valence-corrected chi connectivity index (χ1v) is 10.9. The van der Waals surface area contributed by atoms with Crippen molar-refractivity contribution in [1.82, 2.24) is 4.72 Å². The summed E-state index contributed by atoms with van der Waals surface area (Å²) in [5.41, 5.74) is 1.14. The monoisotopic (exact) mass is 390 g/mol. The Bertz CT molecular complexity index is 742. The van der Waals surface area contributed by atoms with Crippen molar-refractivity contribution in [2.24, 2.45) is 0 Å². The number of carboxylic acid groups (broad SMARTS) is 1. The quantitative estimate of drug-likeness (QED) is 0.615. The second-order valence-electron chi connectivity index (χ2n) is 6.86. The van der Waals surface area contributed by atoms with E-state index in [0.29, 0.717) is 17.5 Å². The Balaban J connectivity index is 3.36. The highest BCUT2D eigenvalue weighted by molar-refractivity contribution is 7.92. The maximum atomic E-state index is 12.3. The second-order valence-corrected chi connectivity index (χ2v) is 10.6. The van der Waals surface area contributed by atoms with Crippen molar-refractivity contribution in [3.63, 3.8) is 0 Å². The minimum atomic E-state index is -3.61. The molecule has 25 heavy (non-hydrogen) atoms. The Hall–Kier alpha value is -1.29. The van der Waals surface area contributed by atoms with Crippen molar-refractivity contribution in [3.8, 4) is 0 Å². The van der Waals surface area contributed by atoms with Crippen LogP contribution in [0.4, 0.5) is 5.69 Å². The average Bonchev–Trinajstić information content (AvgIpc) is 2.44. The van der Waals surface area contributed by atoms with E-state index >= 15 is 0 Å². The number of hydrogen-bond donors (Lipinski definition) is 3. The maximum Gasteiger partial charge on any atom is 0.337 e. The summed E-state index contributed by atoms with van der Waals surface area (Å²) in [6.07, 6.45) is 1.42. The first-order valence-electron chi connectivity index (χ1n) is 7.82. The van der Waals surface area contributed by atoms with Crippen molar-refractivity contribution in [2.75, 3.05) is 11.0 Å². The highest BCUT2D eigenvalue weighted by atomic mass is 32.2. The van der Waals surface area contributed by atoms with E-state index < -0.39 is 32.1 Å². The van der Waals surface area contributed by atoms with Gasteiger partial charge in [0.05, 0.1) is 23.5 Å². The molecule has 0 saturated carbocycles. The molecule has 9 heteroatoms. The first-order chi connectivity index (χ1) is 11.3. The Morgan fingerprint density at radius 3 is 2.32 bits per heavy atom. The van der Waals surface area contributed by atoms with Gasteiger partial charge in [0.25, 0.3) is 0 Å². The van der Waals surface area contributed by atoms with Gasteiger partial charge in [0, 0.05) is 11.4 Å². The number of aromatic carboxylic acids is 1. The Morgan fingerprint density at radius 2 is 1.92 bits per heavy atom. The molecule has 0 aliphatic carbocycles. The smallest absolute Gasteiger partial charge is 0.337 e. The molecule has 0 fully saturated rings. The van der Waals surface area contributed by atoms with Gasteiger partial charge < -0.3 is 9.66 Å². The van der Waals surface area contributed by atoms with Gasteiger partial charge in [-0.15, -0.1) is 4.72 Å². The zero-order valence-electron chi connectivity index (χ0n) is 15.3. The molecule has 142 valence electrons. The van der Waals surface area contributed by atoms with Gasteiger partial charge in [-0.2, -0.15) is 0 Å². The van der Waals surface area contributed by atoms with Gasteiger partial charge in [0.2, 0.25) is 10.0 Å². The topological polar surface area (TPSA) is 119 Å². The number of rotatable bonds is 7. The van der Waals surface area contributed by atoms with E-state index in [1.165, 1.54) is 6.07 Å². The van der Waals surface area contributed by atoms with E-state index in [2.05, 4.69) is 9.44 Å². The molecule has 1 rings (SSSR count). The lowest BCUT2D eigenvalue weighted by Crippen LogP contribution is -2.40. The normalized spacial score (nSPS) is 14.8. The Labute approximate surface area is 152 Å². The van der Waals surface area contributed by atoms with Crippen molar-refractivity contribution >= 4 is 33.0 Å². The molecule has 1 aromatic carbocycles. The molecule has 3 N–H and O–H groups in total. The van der Waals surface area contributed by atoms with Crippen LogP contribution < -0.4 is 9.44 Å². The van der Waals surface area contributed by atoms with Crippen molar-refractivity contribution in [1.29, 1.82) is 0 Å². The summed E-state index contributed by atoms with van der Waals surface area (Å²) >= 11 is -1.32. The SMILES string of the molecule is CCc1cc([C@@H](C)N[S+]([O-])C(C)(C)C)cc(C(=O)O)c1NS(C)(=O)=O. The molecule has 0 aliphatic rings. The molecule has 0 aliphatic heterocycles. The molecule has 1 aromatic rings. The lowest BCUT2D eigenvalue weighted by atomic mass is 9.98. The largest absolute Gasteiger partial charge is 0.598 e. The highest BCUT2D eigenvalue weighted by Crippen LogP contribution is 2.29. The molecule has 0 aromatic heterocycles. The zero-order chi connectivity index (χ0) is 19.6. The van der Waals surface area contributed by atoms with Crippen LogP contribution in [0.15, 0.2) is 12.1 Å². The van der Waals surface area contributed by atoms with E-state index in [1.807, 2.05) is 27.7 Å². The van der Waals surface area contributed by atoms with Crippen LogP contribution in [0.3, 0.4) is 0 Å². The lowest BCUT2D eigenvalue weighted by Gasteiger charge is -2.27. The molecule has 1 unspecified atom stereocenters. The first kappa shape index (κ1) is 21.8. The molecule has 0 radical (unpaired) electrons. The van der Waals surface area contributed by atoms with E-state index in [9.17, 15) is 22.9 Å². The molecule has 0 saturated heterocycles. The fourth-order valence-corrected chi connectivity index (χ4v) is 3.56. The molecular weight excluding hydrogens is 364 g/mol. The van der Waals surface area contributed by atoms with Gasteiger partial charge in [-0.1, -0.05) is 13.0 Å². The highest BCUT2D eigenvalue weighted by Gasteiger charge is 2.29. The van der Waals surface area contributed by atoms with Crippen LogP contribution in [0.2, 0.25) is 0 Å². The molecule has 0 bridgehead atoms. The summed E-state index contributed by atoms with van der Waals surface area (Å²) in [6.45, 7) is 9.10. The van der Waals surface area contributed by atoms with E-state index in [4.69, 9.17) is 0 Å². The number of carbonyl (C=O) groups is 1. The van der Waals surface area contributed by atoms with Gasteiger partial charge in [-0.3, -0.25) is 4.72 Å². The third-order valence-corrected chi connectivity index (χ3v) is 5.74. The fourth-order valence-electron chi connectivity index (χ4n) is 2.14. The average molecular weight is 391 g/mol. The molecule has 7 nitrogen and oxygen atoms in total. The van der Waals surface area contributed by atoms with Crippen molar-refractivity contribution in [2.45, 2.75) is 51.8 Å². The number of anilines is 1. The number of carboxylic acids is 1. The number of sulfonamides is 1. The predicted octanol–water partition coefficient (Wildman–Crippen LogP) is 2.43. The van der Waals surface area contributed by atoms with Crippen LogP contribution in [0.5, 0.6) is 0 Å². The zero-order valence-corrected chi connectivity index (χ0v) is 17.0. The van der Waals surface area contributed by atoms with Gasteiger partial charge in [-0.25, -0.2) is 13.2 Å². The summed E-state index contributed by atoms with van der Waals surface area (Å²) < 4.78 is 40.2. The minimum absolute atomic E-state index is 0.0744. The Morgan fingerprint density at radius 1 is 1.36 bits per heavy atom. The standard InChI is InChI=1S/C16H26N2O5S2/c1-7-11-8-12(10(2)17-24(21)16(3,4)5)9-13(15(19)20)14(11)18-25(6,22)23/h8-10,17-18H,7H2,1-6H3,(H,19,20)/t10-,24?/m1/s1. The van der Waals surface area contributed by atoms with Crippen LogP contribution in [0.25, 0.3) is 0 Å². The molecule has 0 heterocycles. The lowest BCUT2D eigenvalue weighted by molar-refractivity contribution is 0.0698. The fraction of sp³-hybridized carbons (Fsp3) is 0.562. The van der Waals surface area contributed by atoms with Crippen LogP contribution in [-0.2, 0) is 27.8 Å². The van der Waals surface area contributed by atoms with E-state index in [1.54, 1.807) is 13.0 Å². The van der Waals surface area contributed by atoms with Crippen LogP contribution in [0, 0.1) is 0 Å². The van der Waals surface area contributed by atoms with Crippen molar-refractivity contribution < 1.29 is 22.9 Å². The van der Waals surface area contributed by atoms with Crippen LogP contribution >= 0.6 is 0 Å². The Kier molecular flexibility index (Phi) is 6.91. The second kappa shape index (κ2) is 7.94. The van der Waals surface area contributed by atoms with Gasteiger partial charge >= 0.3 is 5.97 Å². The summed E-state index contributed by atoms with van der Waals surface area (Å²) in [5.74, 6) is -1.23. The number of aryl methyl sites for hydroxylation is 1. The van der Waals surface area contributed by atoms with E-state index in [-0.39, 0.29) is 17.3 Å². The molecular formula is C16H26N2O5S2. The molecule has 0 spiro atoms. The number of hydrogen-bond acceptors (Lipinski definition) is 5. The predicted molar refractivity (Wildman–Crippen MR) is 101 cm³/mol. The molecule has 2 atom stereocenters. The summed E-state index contributed by atoms with van der Waals surface area (Å²) in [7, 11) is -3.61. The summed E-state index contributed by atoms with van der Waals surface area (Å²) in [6, 6.07) is 2.78. The summed E-state index contributed by atoms with van der Waals surface area (Å²) in [4.78, 5) is 11.6. The minimum Gasteiger partial charge on any atom is -0.598 e. The van der Waals surface area contributed by atoms with Crippen LogP contribution in [0.1, 0.15) is 62.1 Å². The van der Waals surface area contributed by atoms with E-state index in [0.717, 1.165) is 6.26 Å². The van der Waals surface area contributed by atoms with Gasteiger partial charge in [0.1, 0.15) is 4.75 Å². The number of nitrogens with one attached hydrogen (secondary N) is 2.